The third-order valence-electron chi connectivity index (χ3n) is 3.74. The number of aryl methyl sites for hydroxylation is 2. The number of anilines is 1. The van der Waals surface area contributed by atoms with Crippen molar-refractivity contribution in [1.82, 2.24) is 9.97 Å². The molecule has 166 valence electrons. The number of carbonyl (C=O) groups is 2. The summed E-state index contributed by atoms with van der Waals surface area (Å²) in [5.74, 6) is -2.04. The van der Waals surface area contributed by atoms with Gasteiger partial charge in [0.15, 0.2) is 11.3 Å². The third kappa shape index (κ3) is 6.91. The maximum absolute atomic E-state index is 13.2. The molecule has 2 rings (SSSR count). The van der Waals surface area contributed by atoms with Gasteiger partial charge in [-0.15, -0.1) is 0 Å². The van der Waals surface area contributed by atoms with Crippen molar-refractivity contribution < 1.29 is 32.4 Å². The molecular formula is C18H17F3N4O5S. The molecule has 0 radical (unpaired) electrons. The Morgan fingerprint density at radius 1 is 1.23 bits per heavy atom. The van der Waals surface area contributed by atoms with Crippen molar-refractivity contribution in [3.63, 3.8) is 0 Å². The van der Waals surface area contributed by atoms with Crippen LogP contribution in [0, 0.1) is 24.0 Å². The Morgan fingerprint density at radius 3 is 2.39 bits per heavy atom. The molecule has 0 aliphatic heterocycles. The van der Waals surface area contributed by atoms with Crippen molar-refractivity contribution in [2.75, 3.05) is 11.1 Å². The zero-order valence-corrected chi connectivity index (χ0v) is 17.3. The van der Waals surface area contributed by atoms with Crippen LogP contribution < -0.4 is 5.32 Å². The van der Waals surface area contributed by atoms with Crippen molar-refractivity contribution in [3.05, 3.63) is 51.3 Å². The number of nitro groups is 1. The highest BCUT2D eigenvalue weighted by molar-refractivity contribution is 7.99. The largest absolute Gasteiger partial charge is 0.452 e. The van der Waals surface area contributed by atoms with E-state index in [1.807, 2.05) is 5.32 Å². The molecular weight excluding hydrogens is 441 g/mol. The summed E-state index contributed by atoms with van der Waals surface area (Å²) in [4.78, 5) is 42.2. The molecule has 0 spiro atoms. The van der Waals surface area contributed by atoms with Gasteiger partial charge >= 0.3 is 12.1 Å². The van der Waals surface area contributed by atoms with Crippen LogP contribution in [0.5, 0.6) is 0 Å². The molecule has 0 bridgehead atoms. The molecule has 1 unspecified atom stereocenters. The zero-order valence-electron chi connectivity index (χ0n) is 16.5. The van der Waals surface area contributed by atoms with Gasteiger partial charge in [-0.1, -0.05) is 11.8 Å². The van der Waals surface area contributed by atoms with Crippen LogP contribution in [0.2, 0.25) is 0 Å². The number of halogens is 3. The topological polar surface area (TPSA) is 124 Å². The van der Waals surface area contributed by atoms with E-state index in [1.165, 1.54) is 6.92 Å². The molecule has 13 heteroatoms. The Morgan fingerprint density at radius 2 is 1.84 bits per heavy atom. The minimum absolute atomic E-state index is 0.216. The average Bonchev–Trinajstić information content (AvgIpc) is 2.64. The zero-order chi connectivity index (χ0) is 23.3. The number of non-ortho nitro benzene ring substituents is 1. The van der Waals surface area contributed by atoms with Gasteiger partial charge in [-0.3, -0.25) is 19.7 Å². The number of ether oxygens (including phenoxy) is 1. The number of nitrogens with zero attached hydrogens (tertiary/aromatic N) is 3. The van der Waals surface area contributed by atoms with Gasteiger partial charge in [0, 0.05) is 23.5 Å². The van der Waals surface area contributed by atoms with Gasteiger partial charge in [-0.25, -0.2) is 9.97 Å². The van der Waals surface area contributed by atoms with Crippen LogP contribution in [-0.4, -0.2) is 38.6 Å². The summed E-state index contributed by atoms with van der Waals surface area (Å²) < 4.78 is 44.5. The summed E-state index contributed by atoms with van der Waals surface area (Å²) in [6.45, 7) is 4.71. The summed E-state index contributed by atoms with van der Waals surface area (Å²) in [7, 11) is 0. The molecule has 0 saturated carbocycles. The lowest BCUT2D eigenvalue weighted by atomic mass is 10.1. The lowest BCUT2D eigenvalue weighted by molar-refractivity contribution is -0.385. The minimum atomic E-state index is -4.95. The van der Waals surface area contributed by atoms with Crippen molar-refractivity contribution in [3.8, 4) is 0 Å². The molecule has 1 atom stereocenters. The van der Waals surface area contributed by atoms with Gasteiger partial charge in [0.2, 0.25) is 0 Å². The number of hydrogen-bond donors (Lipinski definition) is 1. The van der Waals surface area contributed by atoms with E-state index in [0.717, 1.165) is 23.9 Å². The van der Waals surface area contributed by atoms with E-state index in [9.17, 15) is 32.9 Å². The van der Waals surface area contributed by atoms with Gasteiger partial charge in [0.25, 0.3) is 11.6 Å². The monoisotopic (exact) mass is 458 g/mol. The first-order valence-corrected chi connectivity index (χ1v) is 9.66. The molecule has 1 heterocycles. The fraction of sp³-hybridized carbons (Fsp3) is 0.333. The number of thioether (sulfide) groups is 1. The fourth-order valence-electron chi connectivity index (χ4n) is 2.39. The van der Waals surface area contributed by atoms with Crippen LogP contribution in [0.3, 0.4) is 0 Å². The summed E-state index contributed by atoms with van der Waals surface area (Å²) in [5.41, 5.74) is -1.45. The number of esters is 1. The van der Waals surface area contributed by atoms with E-state index >= 15 is 0 Å². The van der Waals surface area contributed by atoms with Gasteiger partial charge in [-0.2, -0.15) is 13.2 Å². The van der Waals surface area contributed by atoms with Crippen molar-refractivity contribution in [1.29, 1.82) is 0 Å². The van der Waals surface area contributed by atoms with Crippen LogP contribution in [0.1, 0.15) is 23.9 Å². The van der Waals surface area contributed by atoms with Crippen molar-refractivity contribution in [2.24, 2.45) is 0 Å². The van der Waals surface area contributed by atoms with Gasteiger partial charge in [-0.05, 0) is 32.9 Å². The second kappa shape index (κ2) is 9.73. The molecule has 0 fully saturated rings. The van der Waals surface area contributed by atoms with Crippen LogP contribution in [0.4, 0.5) is 24.5 Å². The molecule has 1 N–H and O–H groups in total. The Hall–Kier alpha value is -3.22. The number of amides is 1. The van der Waals surface area contributed by atoms with E-state index in [2.05, 4.69) is 9.97 Å². The Balaban J connectivity index is 2.02. The van der Waals surface area contributed by atoms with Crippen molar-refractivity contribution in [2.45, 2.75) is 38.2 Å². The van der Waals surface area contributed by atoms with Gasteiger partial charge in [0.1, 0.15) is 0 Å². The van der Waals surface area contributed by atoms with E-state index < -0.39 is 46.0 Å². The fourth-order valence-corrected chi connectivity index (χ4v) is 3.12. The maximum Gasteiger partial charge on any atom is 0.418 e. The summed E-state index contributed by atoms with van der Waals surface area (Å²) >= 11 is 0.984. The number of carbonyl (C=O) groups excluding carboxylic acids is 2. The Bertz CT molecular complexity index is 996. The van der Waals surface area contributed by atoms with Crippen LogP contribution >= 0.6 is 11.8 Å². The Kier molecular flexibility index (Phi) is 7.55. The predicted octanol–water partition coefficient (Wildman–Crippen LogP) is 3.68. The van der Waals surface area contributed by atoms with E-state index in [1.54, 1.807) is 19.9 Å². The summed E-state index contributed by atoms with van der Waals surface area (Å²) in [5, 5.41) is 13.1. The maximum atomic E-state index is 13.2. The first-order chi connectivity index (χ1) is 14.4. The first-order valence-electron chi connectivity index (χ1n) is 8.68. The molecule has 0 saturated heterocycles. The molecule has 9 nitrogen and oxygen atoms in total. The van der Waals surface area contributed by atoms with Gasteiger partial charge < -0.3 is 10.1 Å². The quantitative estimate of drug-likeness (QED) is 0.219. The van der Waals surface area contributed by atoms with E-state index in [0.29, 0.717) is 22.6 Å². The number of aromatic nitrogens is 2. The lowest BCUT2D eigenvalue weighted by Crippen LogP contribution is -2.31. The van der Waals surface area contributed by atoms with E-state index in [4.69, 9.17) is 4.74 Å². The lowest BCUT2D eigenvalue weighted by Gasteiger charge is -2.16. The summed E-state index contributed by atoms with van der Waals surface area (Å²) in [6.07, 6.45) is -6.36. The van der Waals surface area contributed by atoms with E-state index in [-0.39, 0.29) is 5.75 Å². The highest BCUT2D eigenvalue weighted by atomic mass is 32.2. The number of nitrogens with one attached hydrogen (secondary N) is 1. The standard InChI is InChI=1S/C18H17F3N4O5S/c1-9-6-10(2)23-17(22-9)31-8-15(26)30-11(3)16(27)24-14-5-4-12(25(28)29)7-13(14)18(19,20)21/h4-7,11H,8H2,1-3H3,(H,24,27). The summed E-state index contributed by atoms with van der Waals surface area (Å²) in [6, 6.07) is 3.65. The normalized spacial score (nSPS) is 12.2. The number of alkyl halides is 3. The molecule has 31 heavy (non-hydrogen) atoms. The number of hydrogen-bond acceptors (Lipinski definition) is 8. The second-order valence-corrected chi connectivity index (χ2v) is 7.27. The highest BCUT2D eigenvalue weighted by Crippen LogP contribution is 2.37. The second-order valence-electron chi connectivity index (χ2n) is 6.33. The average molecular weight is 458 g/mol. The van der Waals surface area contributed by atoms with Gasteiger partial charge in [0.05, 0.1) is 21.9 Å². The predicted molar refractivity (Wildman–Crippen MR) is 105 cm³/mol. The molecule has 1 aromatic heterocycles. The first kappa shape index (κ1) is 24.1. The van der Waals surface area contributed by atoms with Crippen LogP contribution in [-0.2, 0) is 20.5 Å². The molecule has 1 amide bonds. The van der Waals surface area contributed by atoms with Crippen molar-refractivity contribution >= 4 is 35.0 Å². The minimum Gasteiger partial charge on any atom is -0.452 e. The Labute approximate surface area is 178 Å². The smallest absolute Gasteiger partial charge is 0.418 e. The molecule has 2 aromatic rings. The SMILES string of the molecule is Cc1cc(C)nc(SCC(=O)OC(C)C(=O)Nc2ccc([N+](=O)[O-])cc2C(F)(F)F)n1. The highest BCUT2D eigenvalue weighted by Gasteiger charge is 2.36. The van der Waals surface area contributed by atoms with Crippen LogP contribution in [0.15, 0.2) is 29.4 Å². The van der Waals surface area contributed by atoms with Crippen LogP contribution in [0.25, 0.3) is 0 Å². The molecule has 1 aromatic carbocycles. The third-order valence-corrected chi connectivity index (χ3v) is 4.56. The number of rotatable bonds is 7. The number of benzene rings is 1. The number of nitro benzene ring substituents is 1. The molecule has 0 aliphatic carbocycles. The molecule has 0 aliphatic rings.